The highest BCUT2D eigenvalue weighted by molar-refractivity contribution is 5.69. The van der Waals surface area contributed by atoms with Gasteiger partial charge in [0.05, 0.1) is 6.10 Å². The molecule has 1 aliphatic rings. The van der Waals surface area contributed by atoms with Crippen LogP contribution in [0.25, 0.3) is 0 Å². The number of hydrogen-bond acceptors (Lipinski definition) is 4. The third kappa shape index (κ3) is 17.7. The number of likely N-dealkylation sites (tertiary alicyclic amines) is 1. The van der Waals surface area contributed by atoms with Crippen LogP contribution in [-0.4, -0.2) is 47.8 Å². The number of hydrogen-bond donors (Lipinski definition) is 0. The van der Waals surface area contributed by atoms with Crippen molar-refractivity contribution >= 4 is 5.97 Å². The van der Waals surface area contributed by atoms with E-state index in [9.17, 15) is 4.79 Å². The SMILES string of the molecule is CCCCCCCCCCCCOC1CC(C)(C)N(CCOC(=O)CCCCCCCCCCC)C(C)(C)C1. The van der Waals surface area contributed by atoms with Crippen LogP contribution in [0.3, 0.4) is 0 Å². The number of carbonyl (C=O) groups excluding carboxylic acids is 1. The molecule has 0 unspecified atom stereocenters. The van der Waals surface area contributed by atoms with E-state index in [1.54, 1.807) is 0 Å². The predicted molar refractivity (Wildman–Crippen MR) is 168 cm³/mol. The van der Waals surface area contributed by atoms with Gasteiger partial charge >= 0.3 is 5.97 Å². The molecule has 0 bridgehead atoms. The van der Waals surface area contributed by atoms with Crippen LogP contribution in [0, 0.1) is 0 Å². The van der Waals surface area contributed by atoms with Crippen LogP contribution in [0.4, 0.5) is 0 Å². The molecule has 1 aliphatic heterocycles. The van der Waals surface area contributed by atoms with E-state index < -0.39 is 0 Å². The molecule has 0 N–H and O–H groups in total. The Kier molecular flexibility index (Phi) is 20.6. The Bertz CT molecular complexity index is 570. The number of rotatable bonds is 25. The average molecular weight is 552 g/mol. The molecule has 0 aromatic heterocycles. The van der Waals surface area contributed by atoms with Crippen LogP contribution in [0.5, 0.6) is 0 Å². The third-order valence-corrected chi connectivity index (χ3v) is 8.83. The zero-order valence-corrected chi connectivity index (χ0v) is 27.4. The lowest BCUT2D eigenvalue weighted by atomic mass is 9.78. The summed E-state index contributed by atoms with van der Waals surface area (Å²) in [5, 5.41) is 0. The molecule has 1 fully saturated rings. The molecule has 0 spiro atoms. The molecule has 1 rings (SSSR count). The highest BCUT2D eigenvalue weighted by Crippen LogP contribution is 2.39. The molecule has 0 radical (unpaired) electrons. The standard InChI is InChI=1S/C35H69NO3/c1-7-9-11-13-15-17-19-21-23-25-28-38-32-30-34(3,4)36(35(5,6)31-32)27-29-39-33(37)26-24-22-20-18-16-14-12-10-8-2/h32H,7-31H2,1-6H3. The van der Waals surface area contributed by atoms with Crippen molar-refractivity contribution in [3.8, 4) is 0 Å². The Labute approximate surface area is 244 Å². The van der Waals surface area contributed by atoms with Crippen molar-refractivity contribution in [2.45, 2.75) is 200 Å². The second-order valence-electron chi connectivity index (χ2n) is 13.7. The minimum Gasteiger partial charge on any atom is -0.464 e. The number of esters is 1. The van der Waals surface area contributed by atoms with Gasteiger partial charge in [0.2, 0.25) is 0 Å². The molecule has 0 aromatic rings. The van der Waals surface area contributed by atoms with Crippen LogP contribution in [0.1, 0.15) is 183 Å². The Hall–Kier alpha value is -0.610. The molecule has 39 heavy (non-hydrogen) atoms. The first-order chi connectivity index (χ1) is 18.7. The van der Waals surface area contributed by atoms with E-state index >= 15 is 0 Å². The van der Waals surface area contributed by atoms with Crippen LogP contribution in [0.15, 0.2) is 0 Å². The maximum atomic E-state index is 12.3. The molecule has 4 nitrogen and oxygen atoms in total. The van der Waals surface area contributed by atoms with Gasteiger partial charge in [-0.1, -0.05) is 123 Å². The summed E-state index contributed by atoms with van der Waals surface area (Å²) in [7, 11) is 0. The van der Waals surface area contributed by atoms with Gasteiger partial charge in [-0.3, -0.25) is 9.69 Å². The number of carbonyl (C=O) groups is 1. The summed E-state index contributed by atoms with van der Waals surface area (Å²) in [5.41, 5.74) is 0.0709. The molecular weight excluding hydrogens is 482 g/mol. The quantitative estimate of drug-likeness (QED) is 0.0835. The zero-order valence-electron chi connectivity index (χ0n) is 27.4. The van der Waals surface area contributed by atoms with Crippen molar-refractivity contribution in [3.63, 3.8) is 0 Å². The minimum absolute atomic E-state index is 0.0247. The smallest absolute Gasteiger partial charge is 0.305 e. The first-order valence-electron chi connectivity index (χ1n) is 17.3. The molecular formula is C35H69NO3. The number of unbranched alkanes of at least 4 members (excludes halogenated alkanes) is 17. The lowest BCUT2D eigenvalue weighted by molar-refractivity contribution is -0.148. The van der Waals surface area contributed by atoms with Crippen molar-refractivity contribution in [3.05, 3.63) is 0 Å². The van der Waals surface area contributed by atoms with Crippen LogP contribution < -0.4 is 0 Å². The normalized spacial score (nSPS) is 17.5. The lowest BCUT2D eigenvalue weighted by Gasteiger charge is -2.55. The summed E-state index contributed by atoms with van der Waals surface area (Å²) < 4.78 is 12.1. The molecule has 0 atom stereocenters. The van der Waals surface area contributed by atoms with E-state index in [1.165, 1.54) is 109 Å². The van der Waals surface area contributed by atoms with Crippen molar-refractivity contribution < 1.29 is 14.3 Å². The van der Waals surface area contributed by atoms with Crippen LogP contribution in [0.2, 0.25) is 0 Å². The summed E-state index contributed by atoms with van der Waals surface area (Å²) >= 11 is 0. The van der Waals surface area contributed by atoms with E-state index in [4.69, 9.17) is 9.47 Å². The first kappa shape index (κ1) is 36.4. The van der Waals surface area contributed by atoms with Gasteiger partial charge in [0.25, 0.3) is 0 Å². The predicted octanol–water partition coefficient (Wildman–Crippen LogP) is 10.4. The van der Waals surface area contributed by atoms with E-state index in [1.807, 2.05) is 0 Å². The zero-order chi connectivity index (χ0) is 28.8. The fraction of sp³-hybridized carbons (Fsp3) is 0.971. The first-order valence-corrected chi connectivity index (χ1v) is 17.3. The van der Waals surface area contributed by atoms with Gasteiger partial charge < -0.3 is 9.47 Å². The number of nitrogens with zero attached hydrogens (tertiary/aromatic N) is 1. The van der Waals surface area contributed by atoms with E-state index in [-0.39, 0.29) is 17.0 Å². The molecule has 0 amide bonds. The van der Waals surface area contributed by atoms with E-state index in [2.05, 4.69) is 46.4 Å². The Morgan fingerprint density at radius 3 is 1.49 bits per heavy atom. The summed E-state index contributed by atoms with van der Waals surface area (Å²) in [4.78, 5) is 14.8. The van der Waals surface area contributed by atoms with Gasteiger partial charge in [0.15, 0.2) is 0 Å². The van der Waals surface area contributed by atoms with Gasteiger partial charge in [-0.25, -0.2) is 0 Å². The third-order valence-electron chi connectivity index (χ3n) is 8.83. The largest absolute Gasteiger partial charge is 0.464 e. The molecule has 1 saturated heterocycles. The van der Waals surface area contributed by atoms with E-state index in [0.29, 0.717) is 19.1 Å². The fourth-order valence-corrected chi connectivity index (χ4v) is 6.69. The Morgan fingerprint density at radius 1 is 0.615 bits per heavy atom. The van der Waals surface area contributed by atoms with Crippen molar-refractivity contribution in [2.75, 3.05) is 19.8 Å². The van der Waals surface area contributed by atoms with Gasteiger partial charge in [-0.2, -0.15) is 0 Å². The van der Waals surface area contributed by atoms with Crippen LogP contribution in [-0.2, 0) is 14.3 Å². The Morgan fingerprint density at radius 2 is 1.03 bits per heavy atom. The van der Waals surface area contributed by atoms with Gasteiger partial charge in [0.1, 0.15) is 6.61 Å². The van der Waals surface area contributed by atoms with E-state index in [0.717, 1.165) is 38.8 Å². The number of piperidine rings is 1. The highest BCUT2D eigenvalue weighted by Gasteiger charge is 2.45. The van der Waals surface area contributed by atoms with Crippen LogP contribution >= 0.6 is 0 Å². The molecule has 1 heterocycles. The van der Waals surface area contributed by atoms with Gasteiger partial charge in [0, 0.05) is 30.7 Å². The van der Waals surface area contributed by atoms with Crippen molar-refractivity contribution in [1.82, 2.24) is 4.90 Å². The summed E-state index contributed by atoms with van der Waals surface area (Å²) in [5.74, 6) is -0.0247. The summed E-state index contributed by atoms with van der Waals surface area (Å²) in [6.07, 6.45) is 28.0. The second kappa shape index (κ2) is 22.0. The average Bonchev–Trinajstić information content (AvgIpc) is 2.87. The van der Waals surface area contributed by atoms with Crippen molar-refractivity contribution in [2.24, 2.45) is 0 Å². The lowest BCUT2D eigenvalue weighted by Crippen LogP contribution is -2.62. The molecule has 0 saturated carbocycles. The number of ether oxygens (including phenoxy) is 2. The summed E-state index contributed by atoms with van der Waals surface area (Å²) in [6, 6.07) is 0. The maximum Gasteiger partial charge on any atom is 0.305 e. The fourth-order valence-electron chi connectivity index (χ4n) is 6.69. The molecule has 4 heteroatoms. The second-order valence-corrected chi connectivity index (χ2v) is 13.7. The summed E-state index contributed by atoms with van der Waals surface area (Å²) in [6.45, 7) is 16.0. The maximum absolute atomic E-state index is 12.3. The molecule has 0 aliphatic carbocycles. The van der Waals surface area contributed by atoms with Gasteiger partial charge in [-0.15, -0.1) is 0 Å². The topological polar surface area (TPSA) is 38.8 Å². The van der Waals surface area contributed by atoms with Gasteiger partial charge in [-0.05, 0) is 53.4 Å². The Balaban J connectivity index is 2.16. The minimum atomic E-state index is -0.0247. The van der Waals surface area contributed by atoms with Crippen molar-refractivity contribution in [1.29, 1.82) is 0 Å². The molecule has 0 aromatic carbocycles. The molecule has 232 valence electrons. The highest BCUT2D eigenvalue weighted by atomic mass is 16.5. The monoisotopic (exact) mass is 552 g/mol.